The summed E-state index contributed by atoms with van der Waals surface area (Å²) in [6.45, 7) is 2.12. The zero-order valence-corrected chi connectivity index (χ0v) is 17.2. The fourth-order valence-electron chi connectivity index (χ4n) is 3.20. The van der Waals surface area contributed by atoms with Gasteiger partial charge in [-0.25, -0.2) is 5.43 Å². The number of H-pyrrole nitrogens is 1. The highest BCUT2D eigenvalue weighted by Gasteiger charge is 2.12. The summed E-state index contributed by atoms with van der Waals surface area (Å²) in [7, 11) is 4.72. The van der Waals surface area contributed by atoms with E-state index in [-0.39, 0.29) is 5.95 Å². The molecule has 0 bridgehead atoms. The number of anilines is 1. The minimum Gasteiger partial charge on any atom is -0.496 e. The van der Waals surface area contributed by atoms with Crippen LogP contribution in [0, 0.1) is 0 Å². The topological polar surface area (TPSA) is 107 Å². The van der Waals surface area contributed by atoms with Gasteiger partial charge >= 0.3 is 0 Å². The first-order valence-corrected chi connectivity index (χ1v) is 9.41. The molecule has 4 rings (SSSR count). The van der Waals surface area contributed by atoms with Crippen molar-refractivity contribution in [3.05, 3.63) is 41.5 Å². The molecule has 2 heterocycles. The molecular formula is C21H22N6O3. The Bertz CT molecular complexity index is 1210. The van der Waals surface area contributed by atoms with Crippen molar-refractivity contribution in [2.24, 2.45) is 5.10 Å². The lowest BCUT2D eigenvalue weighted by Gasteiger charge is -2.12. The minimum absolute atomic E-state index is 0.271. The summed E-state index contributed by atoms with van der Waals surface area (Å²) in [4.78, 5) is 7.74. The van der Waals surface area contributed by atoms with Gasteiger partial charge in [0.1, 0.15) is 22.8 Å². The summed E-state index contributed by atoms with van der Waals surface area (Å²) < 4.78 is 16.1. The molecule has 0 saturated carbocycles. The summed E-state index contributed by atoms with van der Waals surface area (Å²) in [6.07, 6.45) is 2.53. The van der Waals surface area contributed by atoms with Gasteiger partial charge in [-0.2, -0.15) is 10.1 Å². The quantitative estimate of drug-likeness (QED) is 0.357. The Morgan fingerprint density at radius 2 is 1.80 bits per heavy atom. The van der Waals surface area contributed by atoms with Crippen LogP contribution in [0.1, 0.15) is 18.1 Å². The number of aromatic nitrogens is 4. The van der Waals surface area contributed by atoms with E-state index in [1.807, 2.05) is 6.07 Å². The number of aromatic amines is 1. The lowest BCUT2D eigenvalue weighted by atomic mass is 10.1. The molecule has 0 atom stereocenters. The van der Waals surface area contributed by atoms with Crippen molar-refractivity contribution in [3.63, 3.8) is 0 Å². The van der Waals surface area contributed by atoms with Crippen LogP contribution in [0.15, 0.2) is 35.4 Å². The predicted molar refractivity (Wildman–Crippen MR) is 116 cm³/mol. The standard InChI is InChI=1S/C21H22N6O3/c1-5-12-6-7-16-14(8-12)19-20(23-16)24-21(27-25-19)26-22-11-15-17(29-3)9-13(28-2)10-18(15)30-4/h6-11H,5H2,1-4H3,(H2,23,24,26,27). The van der Waals surface area contributed by atoms with Gasteiger partial charge in [0.25, 0.3) is 5.95 Å². The molecule has 0 aliphatic carbocycles. The highest BCUT2D eigenvalue weighted by atomic mass is 16.5. The third-order valence-corrected chi connectivity index (χ3v) is 4.80. The zero-order valence-electron chi connectivity index (χ0n) is 17.2. The third kappa shape index (κ3) is 3.57. The minimum atomic E-state index is 0.271. The number of hydrogen-bond donors (Lipinski definition) is 2. The molecule has 0 aliphatic heterocycles. The summed E-state index contributed by atoms with van der Waals surface area (Å²) in [6, 6.07) is 9.74. The number of benzene rings is 2. The predicted octanol–water partition coefficient (Wildman–Crippen LogP) is 3.54. The van der Waals surface area contributed by atoms with Gasteiger partial charge in [0, 0.05) is 23.0 Å². The van der Waals surface area contributed by atoms with E-state index in [1.165, 1.54) is 5.56 Å². The van der Waals surface area contributed by atoms with Gasteiger partial charge < -0.3 is 19.2 Å². The normalized spacial score (nSPS) is 11.3. The van der Waals surface area contributed by atoms with E-state index in [0.717, 1.165) is 22.8 Å². The molecular weight excluding hydrogens is 384 g/mol. The molecule has 0 aliphatic rings. The first kappa shape index (κ1) is 19.4. The summed E-state index contributed by atoms with van der Waals surface area (Å²) in [5, 5.41) is 13.7. The van der Waals surface area contributed by atoms with Crippen molar-refractivity contribution < 1.29 is 14.2 Å². The van der Waals surface area contributed by atoms with Gasteiger partial charge in [-0.15, -0.1) is 10.2 Å². The lowest BCUT2D eigenvalue weighted by molar-refractivity contribution is 0.374. The first-order chi connectivity index (χ1) is 14.7. The highest BCUT2D eigenvalue weighted by molar-refractivity contribution is 6.03. The van der Waals surface area contributed by atoms with E-state index in [9.17, 15) is 0 Å². The summed E-state index contributed by atoms with van der Waals surface area (Å²) >= 11 is 0. The van der Waals surface area contributed by atoms with Crippen LogP contribution in [-0.4, -0.2) is 47.7 Å². The lowest BCUT2D eigenvalue weighted by Crippen LogP contribution is -2.01. The maximum atomic E-state index is 5.42. The highest BCUT2D eigenvalue weighted by Crippen LogP contribution is 2.32. The second-order valence-electron chi connectivity index (χ2n) is 6.51. The maximum absolute atomic E-state index is 5.42. The number of ether oxygens (including phenoxy) is 3. The van der Waals surface area contributed by atoms with Crippen LogP contribution in [-0.2, 0) is 6.42 Å². The molecule has 9 heteroatoms. The van der Waals surface area contributed by atoms with Crippen molar-refractivity contribution in [3.8, 4) is 17.2 Å². The van der Waals surface area contributed by atoms with Crippen molar-refractivity contribution >= 4 is 34.2 Å². The smallest absolute Gasteiger partial charge is 0.265 e. The van der Waals surface area contributed by atoms with Gasteiger partial charge in [0.2, 0.25) is 0 Å². The Labute approximate surface area is 173 Å². The molecule has 2 aromatic heterocycles. The number of aryl methyl sites for hydroxylation is 1. The molecule has 0 fully saturated rings. The van der Waals surface area contributed by atoms with Crippen LogP contribution in [0.5, 0.6) is 17.2 Å². The number of fused-ring (bicyclic) bond motifs is 3. The second kappa shape index (κ2) is 8.24. The number of nitrogens with zero attached hydrogens (tertiary/aromatic N) is 4. The molecule has 30 heavy (non-hydrogen) atoms. The largest absolute Gasteiger partial charge is 0.496 e. The molecule has 0 radical (unpaired) electrons. The van der Waals surface area contributed by atoms with E-state index >= 15 is 0 Å². The van der Waals surface area contributed by atoms with Crippen LogP contribution in [0.3, 0.4) is 0 Å². The molecule has 0 spiro atoms. The zero-order chi connectivity index (χ0) is 21.1. The van der Waals surface area contributed by atoms with Crippen molar-refractivity contribution in [2.75, 3.05) is 26.8 Å². The number of hydrazone groups is 1. The van der Waals surface area contributed by atoms with Crippen molar-refractivity contribution in [2.45, 2.75) is 13.3 Å². The number of hydrogen-bond acceptors (Lipinski definition) is 8. The van der Waals surface area contributed by atoms with Crippen LogP contribution in [0.25, 0.3) is 22.1 Å². The van der Waals surface area contributed by atoms with Crippen LogP contribution < -0.4 is 19.6 Å². The van der Waals surface area contributed by atoms with Gasteiger partial charge in [-0.05, 0) is 24.1 Å². The first-order valence-electron chi connectivity index (χ1n) is 9.41. The maximum Gasteiger partial charge on any atom is 0.265 e. The molecule has 0 unspecified atom stereocenters. The van der Waals surface area contributed by atoms with Crippen LogP contribution in [0.2, 0.25) is 0 Å². The molecule has 2 N–H and O–H groups in total. The van der Waals surface area contributed by atoms with E-state index in [4.69, 9.17) is 14.2 Å². The fourth-order valence-corrected chi connectivity index (χ4v) is 3.20. The van der Waals surface area contributed by atoms with E-state index in [1.54, 1.807) is 39.7 Å². The second-order valence-corrected chi connectivity index (χ2v) is 6.51. The Morgan fingerprint density at radius 3 is 2.47 bits per heavy atom. The van der Waals surface area contributed by atoms with Gasteiger partial charge in [0.15, 0.2) is 5.65 Å². The van der Waals surface area contributed by atoms with Gasteiger partial charge in [0.05, 0.1) is 33.1 Å². The fraction of sp³-hybridized carbons (Fsp3) is 0.238. The number of rotatable bonds is 7. The van der Waals surface area contributed by atoms with E-state index in [0.29, 0.717) is 28.5 Å². The molecule has 9 nitrogen and oxygen atoms in total. The van der Waals surface area contributed by atoms with Crippen molar-refractivity contribution in [1.82, 2.24) is 20.2 Å². The summed E-state index contributed by atoms with van der Waals surface area (Å²) in [5.41, 5.74) is 7.04. The number of methoxy groups -OCH3 is 3. The van der Waals surface area contributed by atoms with Crippen LogP contribution in [0.4, 0.5) is 5.95 Å². The molecule has 154 valence electrons. The average molecular weight is 406 g/mol. The number of nitrogens with one attached hydrogen (secondary N) is 2. The van der Waals surface area contributed by atoms with Crippen LogP contribution >= 0.6 is 0 Å². The average Bonchev–Trinajstić information content (AvgIpc) is 3.15. The monoisotopic (exact) mass is 406 g/mol. The van der Waals surface area contributed by atoms with Gasteiger partial charge in [-0.1, -0.05) is 13.0 Å². The summed E-state index contributed by atoms with van der Waals surface area (Å²) in [5.74, 6) is 2.02. The molecule has 0 saturated heterocycles. The SMILES string of the molecule is CCc1ccc2[nH]c3nc(NN=Cc4c(OC)cc(OC)cc4OC)nnc3c2c1. The van der Waals surface area contributed by atoms with E-state index < -0.39 is 0 Å². The van der Waals surface area contributed by atoms with E-state index in [2.05, 4.69) is 49.7 Å². The Balaban J connectivity index is 1.62. The Hall–Kier alpha value is -3.88. The Kier molecular flexibility index (Phi) is 5.34. The molecule has 0 amide bonds. The Morgan fingerprint density at radius 1 is 1.03 bits per heavy atom. The third-order valence-electron chi connectivity index (χ3n) is 4.80. The molecule has 4 aromatic rings. The van der Waals surface area contributed by atoms with Crippen molar-refractivity contribution in [1.29, 1.82) is 0 Å². The molecule has 2 aromatic carbocycles. The van der Waals surface area contributed by atoms with Gasteiger partial charge in [-0.3, -0.25) is 0 Å².